The van der Waals surface area contributed by atoms with Gasteiger partial charge in [-0.25, -0.2) is 0 Å². The third-order valence-electron chi connectivity index (χ3n) is 5.63. The van der Waals surface area contributed by atoms with E-state index in [1.165, 1.54) is 0 Å². The number of rotatable bonds is 7. The molecule has 178 valence electrons. The van der Waals surface area contributed by atoms with Gasteiger partial charge in [0, 0.05) is 46.1 Å². The van der Waals surface area contributed by atoms with Gasteiger partial charge in [0.25, 0.3) is 11.8 Å². The highest BCUT2D eigenvalue weighted by molar-refractivity contribution is 6.08. The van der Waals surface area contributed by atoms with Crippen LogP contribution in [-0.2, 0) is 0 Å². The number of guanidine groups is 1. The Morgan fingerprint density at radius 2 is 1.86 bits per heavy atom. The van der Waals surface area contributed by atoms with Gasteiger partial charge in [0.2, 0.25) is 0 Å². The van der Waals surface area contributed by atoms with Crippen molar-refractivity contribution in [3.8, 4) is 0 Å². The van der Waals surface area contributed by atoms with Crippen LogP contribution in [-0.4, -0.2) is 59.8 Å². The zero-order valence-corrected chi connectivity index (χ0v) is 18.8. The van der Waals surface area contributed by atoms with Crippen LogP contribution in [0.3, 0.4) is 0 Å². The largest absolute Gasteiger partial charge is 0.370 e. The molecule has 0 saturated heterocycles. The number of benzene rings is 2. The molecule has 11 heteroatoms. The molecule has 1 aliphatic rings. The van der Waals surface area contributed by atoms with Crippen LogP contribution in [0.5, 0.6) is 0 Å². The van der Waals surface area contributed by atoms with Crippen LogP contribution >= 0.6 is 0 Å². The number of carbonyl (C=O) groups is 2. The molecule has 35 heavy (non-hydrogen) atoms. The van der Waals surface area contributed by atoms with Gasteiger partial charge in [0.15, 0.2) is 5.96 Å². The van der Waals surface area contributed by atoms with E-state index in [1.54, 1.807) is 24.3 Å². The predicted molar refractivity (Wildman–Crippen MR) is 137 cm³/mol. The number of hydrogen-bond acceptors (Lipinski definition) is 5. The van der Waals surface area contributed by atoms with Crippen molar-refractivity contribution in [2.45, 2.75) is 0 Å². The third-order valence-corrected chi connectivity index (χ3v) is 5.63. The van der Waals surface area contributed by atoms with E-state index in [4.69, 9.17) is 11.5 Å². The fourth-order valence-corrected chi connectivity index (χ4v) is 3.96. The van der Waals surface area contributed by atoms with E-state index in [0.717, 1.165) is 46.4 Å². The van der Waals surface area contributed by atoms with Gasteiger partial charge in [-0.2, -0.15) is 0 Å². The highest BCUT2D eigenvalue weighted by Gasteiger charge is 2.14. The van der Waals surface area contributed by atoms with Crippen molar-refractivity contribution in [1.82, 2.24) is 20.6 Å². The van der Waals surface area contributed by atoms with E-state index in [0.29, 0.717) is 30.0 Å². The molecule has 5 rings (SSSR count). The molecule has 0 aliphatic carbocycles. The zero-order valence-electron chi connectivity index (χ0n) is 18.8. The van der Waals surface area contributed by atoms with Crippen molar-refractivity contribution in [2.24, 2.45) is 21.5 Å². The summed E-state index contributed by atoms with van der Waals surface area (Å²) in [6.07, 6.45) is 0. The molecule has 1 aliphatic heterocycles. The first-order chi connectivity index (χ1) is 17.0. The lowest BCUT2D eigenvalue weighted by molar-refractivity contribution is 0.0954. The van der Waals surface area contributed by atoms with Gasteiger partial charge in [-0.1, -0.05) is 6.07 Å². The number of nitrogens with one attached hydrogen (secondary N) is 5. The van der Waals surface area contributed by atoms with Crippen LogP contribution in [0.2, 0.25) is 0 Å². The molecule has 0 unspecified atom stereocenters. The standard InChI is InChI=1S/C24H25N9O2/c25-24(26)30-8-7-29-22(34)14-2-4-17-15(9-14)11-20(32-17)23(35)31-16-3-1-13-10-19(33-18(13)12-16)21-27-5-6-28-21/h1-4,9-12,32-33H,5-8H2,(H,27,28)(H,29,34)(H,31,35)(H4,25,26,30). The van der Waals surface area contributed by atoms with Gasteiger partial charge in [-0.05, 0) is 42.5 Å². The smallest absolute Gasteiger partial charge is 0.272 e. The Bertz CT molecular complexity index is 1490. The predicted octanol–water partition coefficient (Wildman–Crippen LogP) is 1.25. The third kappa shape index (κ3) is 4.78. The Balaban J connectivity index is 1.28. The number of aliphatic imine (C=N–C) groups is 2. The maximum atomic E-state index is 12.9. The molecule has 0 spiro atoms. The monoisotopic (exact) mass is 471 g/mol. The maximum Gasteiger partial charge on any atom is 0.272 e. The SMILES string of the molecule is NC(N)=NCCNC(=O)c1ccc2[nH]c(C(=O)Nc3ccc4cc(C5=NCCN5)[nH]c4c3)cc2c1. The number of nitrogens with zero attached hydrogens (tertiary/aromatic N) is 2. The lowest BCUT2D eigenvalue weighted by Crippen LogP contribution is -2.28. The van der Waals surface area contributed by atoms with E-state index in [1.807, 2.05) is 24.3 Å². The van der Waals surface area contributed by atoms with Crippen molar-refractivity contribution >= 4 is 51.1 Å². The topological polar surface area (TPSA) is 179 Å². The molecule has 2 aromatic carbocycles. The second-order valence-corrected chi connectivity index (χ2v) is 8.14. The summed E-state index contributed by atoms with van der Waals surface area (Å²) >= 11 is 0. The molecular formula is C24H25N9O2. The minimum absolute atomic E-state index is 0.0207. The normalized spacial score (nSPS) is 12.9. The van der Waals surface area contributed by atoms with Crippen LogP contribution in [0.25, 0.3) is 21.8 Å². The van der Waals surface area contributed by atoms with E-state index < -0.39 is 0 Å². The molecule has 0 atom stereocenters. The van der Waals surface area contributed by atoms with Crippen molar-refractivity contribution in [2.75, 3.05) is 31.5 Å². The van der Waals surface area contributed by atoms with Crippen LogP contribution in [0, 0.1) is 0 Å². The first kappa shape index (κ1) is 22.0. The maximum absolute atomic E-state index is 12.9. The number of H-pyrrole nitrogens is 2. The second-order valence-electron chi connectivity index (χ2n) is 8.14. The molecular weight excluding hydrogens is 446 g/mol. The van der Waals surface area contributed by atoms with E-state index in [-0.39, 0.29) is 17.8 Å². The Hall–Kier alpha value is -4.80. The summed E-state index contributed by atoms with van der Waals surface area (Å²) < 4.78 is 0. The van der Waals surface area contributed by atoms with Crippen LogP contribution in [0.15, 0.2) is 58.5 Å². The molecule has 11 nitrogen and oxygen atoms in total. The number of aromatic amines is 2. The minimum Gasteiger partial charge on any atom is -0.370 e. The van der Waals surface area contributed by atoms with E-state index in [9.17, 15) is 9.59 Å². The summed E-state index contributed by atoms with van der Waals surface area (Å²) in [6.45, 7) is 2.21. The van der Waals surface area contributed by atoms with Crippen molar-refractivity contribution < 1.29 is 9.59 Å². The summed E-state index contributed by atoms with van der Waals surface area (Å²) in [5.41, 5.74) is 14.7. The number of nitrogens with two attached hydrogens (primary N) is 2. The molecule has 9 N–H and O–H groups in total. The molecule has 2 amide bonds. The van der Waals surface area contributed by atoms with Gasteiger partial charge in [0.1, 0.15) is 11.5 Å². The van der Waals surface area contributed by atoms with E-state index >= 15 is 0 Å². The fraction of sp³-hybridized carbons (Fsp3) is 0.167. The molecule has 0 fully saturated rings. The van der Waals surface area contributed by atoms with Crippen molar-refractivity contribution in [3.63, 3.8) is 0 Å². The average molecular weight is 472 g/mol. The van der Waals surface area contributed by atoms with E-state index in [2.05, 4.69) is 35.9 Å². The number of aromatic nitrogens is 2. The summed E-state index contributed by atoms with van der Waals surface area (Å²) in [6, 6.07) is 14.6. The van der Waals surface area contributed by atoms with Crippen LogP contribution in [0.1, 0.15) is 26.5 Å². The molecule has 3 heterocycles. The minimum atomic E-state index is -0.280. The molecule has 0 saturated carbocycles. The van der Waals surface area contributed by atoms with Gasteiger partial charge >= 0.3 is 0 Å². The van der Waals surface area contributed by atoms with Crippen LogP contribution in [0.4, 0.5) is 5.69 Å². The highest BCUT2D eigenvalue weighted by Crippen LogP contribution is 2.22. The Kier molecular flexibility index (Phi) is 5.80. The quantitative estimate of drug-likeness (QED) is 0.122. The van der Waals surface area contributed by atoms with Gasteiger partial charge in [-0.15, -0.1) is 0 Å². The van der Waals surface area contributed by atoms with Crippen LogP contribution < -0.4 is 27.4 Å². The average Bonchev–Trinajstić information content (AvgIpc) is 3.59. The first-order valence-corrected chi connectivity index (χ1v) is 11.2. The Morgan fingerprint density at radius 3 is 2.66 bits per heavy atom. The van der Waals surface area contributed by atoms with Gasteiger partial charge < -0.3 is 37.4 Å². The fourth-order valence-electron chi connectivity index (χ4n) is 3.96. The number of fused-ring (bicyclic) bond motifs is 2. The summed E-state index contributed by atoms with van der Waals surface area (Å²) in [5.74, 6) is 0.305. The Morgan fingerprint density at radius 1 is 0.971 bits per heavy atom. The number of amidine groups is 1. The van der Waals surface area contributed by atoms with Crippen molar-refractivity contribution in [3.05, 3.63) is 65.5 Å². The number of carbonyl (C=O) groups excluding carboxylic acids is 2. The van der Waals surface area contributed by atoms with Gasteiger partial charge in [-0.3, -0.25) is 19.6 Å². The lowest BCUT2D eigenvalue weighted by Gasteiger charge is -2.04. The molecule has 2 aromatic heterocycles. The number of anilines is 1. The highest BCUT2D eigenvalue weighted by atomic mass is 16.2. The number of amides is 2. The summed E-state index contributed by atoms with van der Waals surface area (Å²) in [7, 11) is 0. The second kappa shape index (κ2) is 9.21. The Labute approximate surface area is 200 Å². The van der Waals surface area contributed by atoms with Gasteiger partial charge in [0.05, 0.1) is 18.8 Å². The molecule has 0 bridgehead atoms. The summed E-state index contributed by atoms with van der Waals surface area (Å²) in [5, 5.41) is 10.7. The lowest BCUT2D eigenvalue weighted by atomic mass is 10.1. The van der Waals surface area contributed by atoms with Crippen molar-refractivity contribution in [1.29, 1.82) is 0 Å². The first-order valence-electron chi connectivity index (χ1n) is 11.2. The molecule has 0 radical (unpaired) electrons. The summed E-state index contributed by atoms with van der Waals surface area (Å²) in [4.78, 5) is 40.0. The zero-order chi connectivity index (χ0) is 24.4. The number of hydrogen-bond donors (Lipinski definition) is 7. The molecule has 4 aromatic rings.